The van der Waals surface area contributed by atoms with E-state index in [2.05, 4.69) is 5.32 Å². The third-order valence-electron chi connectivity index (χ3n) is 3.40. The summed E-state index contributed by atoms with van der Waals surface area (Å²) < 4.78 is 29.6. The van der Waals surface area contributed by atoms with Gasteiger partial charge in [-0.15, -0.1) is 0 Å². The molecule has 7 N–H and O–H groups in total. The predicted octanol–water partition coefficient (Wildman–Crippen LogP) is 0.0800. The maximum atomic E-state index is 12.0. The van der Waals surface area contributed by atoms with Crippen molar-refractivity contribution >= 4 is 22.0 Å². The number of nitrogens with one attached hydrogen (secondary N) is 1. The van der Waals surface area contributed by atoms with Gasteiger partial charge in [0.15, 0.2) is 11.5 Å². The van der Waals surface area contributed by atoms with Gasteiger partial charge in [0.2, 0.25) is 15.9 Å². The van der Waals surface area contributed by atoms with Crippen LogP contribution in [0.25, 0.3) is 0 Å². The Kier molecular flexibility index (Phi) is 6.09. The first kappa shape index (κ1) is 21.8. The summed E-state index contributed by atoms with van der Waals surface area (Å²) >= 11 is 0. The summed E-state index contributed by atoms with van der Waals surface area (Å²) in [6.07, 6.45) is -0.661. The van der Waals surface area contributed by atoms with Gasteiger partial charge < -0.3 is 30.5 Å². The number of sulfonamides is 1. The van der Waals surface area contributed by atoms with E-state index in [4.69, 9.17) is 9.88 Å². The number of hydrogen-bond acceptors (Lipinski definition) is 9. The van der Waals surface area contributed by atoms with Crippen molar-refractivity contribution in [1.29, 1.82) is 0 Å². The Balaban J connectivity index is 2.63. The van der Waals surface area contributed by atoms with Crippen LogP contribution < -0.4 is 15.2 Å². The quantitative estimate of drug-likeness (QED) is 0.258. The molecule has 0 bridgehead atoms. The number of aldehydes is 1. The number of aliphatic hydroxyl groups is 4. The number of ether oxygens (including phenoxy) is 1. The van der Waals surface area contributed by atoms with Crippen molar-refractivity contribution in [3.8, 4) is 11.5 Å². The number of benzene rings is 2. The maximum absolute atomic E-state index is 12.0. The molecule has 2 aromatic carbocycles. The number of primary sulfonamides is 1. The van der Waals surface area contributed by atoms with Gasteiger partial charge in [0.1, 0.15) is 16.9 Å². The number of nitrogens with two attached hydrogens (primary N) is 1. The molecule has 0 aromatic heterocycles. The van der Waals surface area contributed by atoms with Gasteiger partial charge in [-0.1, -0.05) is 18.2 Å². The zero-order valence-electron chi connectivity index (χ0n) is 14.7. The van der Waals surface area contributed by atoms with Crippen LogP contribution in [0.1, 0.15) is 23.7 Å². The first-order chi connectivity index (χ1) is 12.8. The lowest BCUT2D eigenvalue weighted by atomic mass is 10.1. The summed E-state index contributed by atoms with van der Waals surface area (Å²) in [5.41, 5.74) is -0.481. The fourth-order valence-electron chi connectivity index (χ4n) is 2.43. The molecule has 0 amide bonds. The molecule has 0 radical (unpaired) electrons. The zero-order chi connectivity index (χ0) is 21.2. The van der Waals surface area contributed by atoms with E-state index >= 15 is 0 Å². The van der Waals surface area contributed by atoms with Crippen LogP contribution in [0, 0.1) is 0 Å². The molecule has 0 aliphatic heterocycles. The minimum atomic E-state index is -4.39. The van der Waals surface area contributed by atoms with Gasteiger partial charge in [0.05, 0.1) is 12.1 Å². The van der Waals surface area contributed by atoms with Crippen LogP contribution in [0.4, 0.5) is 5.69 Å². The monoisotopic (exact) mass is 412 g/mol. The van der Waals surface area contributed by atoms with E-state index in [9.17, 15) is 33.6 Å². The van der Waals surface area contributed by atoms with Crippen molar-refractivity contribution in [3.05, 3.63) is 48.0 Å². The lowest BCUT2D eigenvalue weighted by Crippen LogP contribution is -2.45. The molecular weight excluding hydrogens is 392 g/mol. The lowest BCUT2D eigenvalue weighted by molar-refractivity contribution is -0.234. The van der Waals surface area contributed by atoms with Crippen molar-refractivity contribution in [3.63, 3.8) is 0 Å². The van der Waals surface area contributed by atoms with Gasteiger partial charge in [0.25, 0.3) is 0 Å². The third-order valence-corrected chi connectivity index (χ3v) is 4.32. The summed E-state index contributed by atoms with van der Waals surface area (Å²) in [6.45, 7) is 0.912. The molecule has 10 nitrogen and oxygen atoms in total. The number of carbonyl (C=O) groups is 1. The topological polar surface area (TPSA) is 179 Å². The second kappa shape index (κ2) is 7.83. The Labute approximate surface area is 160 Å². The Morgan fingerprint density at radius 2 is 1.75 bits per heavy atom. The second-order valence-electron chi connectivity index (χ2n) is 6.31. The normalized spacial score (nSPS) is 12.5. The molecule has 11 heteroatoms. The summed E-state index contributed by atoms with van der Waals surface area (Å²) in [6, 6.07) is 9.99. The molecule has 152 valence electrons. The van der Waals surface area contributed by atoms with E-state index in [0.717, 1.165) is 19.1 Å². The van der Waals surface area contributed by atoms with Gasteiger partial charge in [-0.3, -0.25) is 4.79 Å². The van der Waals surface area contributed by atoms with Crippen molar-refractivity contribution in [2.24, 2.45) is 5.14 Å². The van der Waals surface area contributed by atoms with E-state index < -0.39 is 38.8 Å². The number of anilines is 1. The van der Waals surface area contributed by atoms with Gasteiger partial charge in [0, 0.05) is 5.56 Å². The highest BCUT2D eigenvalue weighted by molar-refractivity contribution is 7.89. The van der Waals surface area contributed by atoms with E-state index in [1.807, 2.05) is 0 Å². The Hall–Kier alpha value is -2.54. The zero-order valence-corrected chi connectivity index (χ0v) is 15.5. The van der Waals surface area contributed by atoms with Crippen LogP contribution in [0.3, 0.4) is 0 Å². The molecule has 0 spiro atoms. The molecule has 0 saturated carbocycles. The largest absolute Gasteiger partial charge is 0.454 e. The molecular formula is C17H20N2O8S. The van der Waals surface area contributed by atoms with Crippen LogP contribution >= 0.6 is 0 Å². The molecule has 2 aromatic rings. The standard InChI is InChI=1S/C17H20N2O8S/c1-16(21,22)10-17(23,24)19-13-7-11(9-20)8-14(28(18,25)26)15(13)27-12-5-3-2-4-6-12/h2-9,19,21-24H,10H2,1H3,(H2,18,25,26). The van der Waals surface area contributed by atoms with Crippen LogP contribution in [0.15, 0.2) is 47.4 Å². The fourth-order valence-corrected chi connectivity index (χ4v) is 3.14. The summed E-state index contributed by atoms with van der Waals surface area (Å²) in [7, 11) is -4.39. The predicted molar refractivity (Wildman–Crippen MR) is 98.0 cm³/mol. The van der Waals surface area contributed by atoms with E-state index in [0.29, 0.717) is 6.29 Å². The number of hydrogen-bond donors (Lipinski definition) is 6. The van der Waals surface area contributed by atoms with Crippen LogP contribution in [-0.2, 0) is 10.0 Å². The van der Waals surface area contributed by atoms with E-state index in [-0.39, 0.29) is 17.0 Å². The highest BCUT2D eigenvalue weighted by atomic mass is 32.2. The molecule has 0 heterocycles. The highest BCUT2D eigenvalue weighted by Crippen LogP contribution is 2.38. The Morgan fingerprint density at radius 1 is 1.14 bits per heavy atom. The minimum absolute atomic E-state index is 0.154. The van der Waals surface area contributed by atoms with Crippen molar-refractivity contribution in [2.75, 3.05) is 5.32 Å². The van der Waals surface area contributed by atoms with Crippen molar-refractivity contribution in [1.82, 2.24) is 0 Å². The first-order valence-corrected chi connectivity index (χ1v) is 9.42. The molecule has 0 aliphatic rings. The molecule has 0 atom stereocenters. The summed E-state index contributed by atoms with van der Waals surface area (Å²) in [4.78, 5) is 10.6. The Morgan fingerprint density at radius 3 is 2.25 bits per heavy atom. The van der Waals surface area contributed by atoms with Gasteiger partial charge in [-0.05, 0) is 31.2 Å². The molecule has 0 fully saturated rings. The minimum Gasteiger partial charge on any atom is -0.454 e. The van der Waals surface area contributed by atoms with Crippen LogP contribution in [0.5, 0.6) is 11.5 Å². The summed E-state index contributed by atoms with van der Waals surface area (Å²) in [5.74, 6) is -5.58. The molecule has 0 unspecified atom stereocenters. The van der Waals surface area contributed by atoms with E-state index in [1.54, 1.807) is 18.2 Å². The molecule has 28 heavy (non-hydrogen) atoms. The highest BCUT2D eigenvalue weighted by Gasteiger charge is 2.35. The SMILES string of the molecule is CC(O)(O)CC(O)(O)Nc1cc(C=O)cc(S(N)(=O)=O)c1Oc1ccccc1. The molecule has 0 aliphatic carbocycles. The van der Waals surface area contributed by atoms with Crippen molar-refractivity contribution < 1.29 is 38.4 Å². The molecule has 0 saturated heterocycles. The number of para-hydroxylation sites is 1. The van der Waals surface area contributed by atoms with Gasteiger partial charge in [-0.2, -0.15) is 0 Å². The van der Waals surface area contributed by atoms with Gasteiger partial charge >= 0.3 is 0 Å². The average molecular weight is 412 g/mol. The number of rotatable bonds is 8. The van der Waals surface area contributed by atoms with Crippen LogP contribution in [0.2, 0.25) is 0 Å². The van der Waals surface area contributed by atoms with Crippen LogP contribution in [-0.4, -0.2) is 46.8 Å². The number of carbonyl (C=O) groups excluding carboxylic acids is 1. The van der Waals surface area contributed by atoms with E-state index in [1.165, 1.54) is 12.1 Å². The average Bonchev–Trinajstić information content (AvgIpc) is 2.53. The second-order valence-corrected chi connectivity index (χ2v) is 7.84. The molecule has 2 rings (SSSR count). The smallest absolute Gasteiger partial charge is 0.249 e. The maximum Gasteiger partial charge on any atom is 0.249 e. The lowest BCUT2D eigenvalue weighted by Gasteiger charge is -2.30. The fraction of sp³-hybridized carbons (Fsp3) is 0.235. The third kappa shape index (κ3) is 5.99. The first-order valence-electron chi connectivity index (χ1n) is 7.87. The Bertz CT molecular complexity index is 953. The van der Waals surface area contributed by atoms with Gasteiger partial charge in [-0.25, -0.2) is 13.6 Å². The van der Waals surface area contributed by atoms with Crippen molar-refractivity contribution in [2.45, 2.75) is 29.9 Å². The summed E-state index contributed by atoms with van der Waals surface area (Å²) in [5, 5.41) is 46.3.